The van der Waals surface area contributed by atoms with Gasteiger partial charge in [-0.25, -0.2) is 5.10 Å². The summed E-state index contributed by atoms with van der Waals surface area (Å²) in [7, 11) is 1.89. The lowest BCUT2D eigenvalue weighted by Gasteiger charge is -2.34. The molecule has 0 spiro atoms. The fraction of sp³-hybridized carbons (Fsp3) is 0.778. The normalized spacial score (nSPS) is 26.5. The van der Waals surface area contributed by atoms with Gasteiger partial charge in [0.1, 0.15) is 0 Å². The van der Waals surface area contributed by atoms with Crippen molar-refractivity contribution in [1.82, 2.24) is 15.2 Å². The first-order chi connectivity index (χ1) is 7.18. The molecule has 2 atom stereocenters. The van der Waals surface area contributed by atoms with Crippen molar-refractivity contribution in [3.63, 3.8) is 0 Å². The van der Waals surface area contributed by atoms with Gasteiger partial charge in [0.2, 0.25) is 11.9 Å². The number of aromatic nitrogens is 3. The molecule has 6 nitrogen and oxygen atoms in total. The molecule has 0 amide bonds. The van der Waals surface area contributed by atoms with E-state index < -0.39 is 0 Å². The number of rotatable bonds is 2. The van der Waals surface area contributed by atoms with Gasteiger partial charge >= 0.3 is 0 Å². The maximum atomic E-state index is 9.87. The molecule has 2 rings (SSSR count). The Labute approximate surface area is 88.5 Å². The van der Waals surface area contributed by atoms with E-state index in [1.54, 1.807) is 0 Å². The van der Waals surface area contributed by atoms with Crippen molar-refractivity contribution in [3.05, 3.63) is 0 Å². The van der Waals surface area contributed by atoms with Gasteiger partial charge in [-0.3, -0.25) is 0 Å². The Hall–Kier alpha value is -1.30. The Balaban J connectivity index is 2.09. The molecule has 6 heteroatoms. The third-order valence-corrected chi connectivity index (χ3v) is 3.00. The maximum absolute atomic E-state index is 9.87. The zero-order valence-corrected chi connectivity index (χ0v) is 8.85. The highest BCUT2D eigenvalue weighted by atomic mass is 16.3. The summed E-state index contributed by atoms with van der Waals surface area (Å²) in [6.07, 6.45) is 3.79. The number of aliphatic hydroxyl groups is 1. The topological polar surface area (TPSA) is 91.1 Å². The van der Waals surface area contributed by atoms with E-state index in [4.69, 9.17) is 5.73 Å². The highest BCUT2D eigenvalue weighted by Crippen LogP contribution is 2.24. The van der Waals surface area contributed by atoms with Crippen LogP contribution in [0, 0.1) is 0 Å². The summed E-state index contributed by atoms with van der Waals surface area (Å²) < 4.78 is 0. The van der Waals surface area contributed by atoms with Crippen LogP contribution in [0.15, 0.2) is 0 Å². The predicted molar refractivity (Wildman–Crippen MR) is 57.5 cm³/mol. The standard InChI is InChI=1S/C9H17N5O/c1-14(9-11-8(10)12-13-9)6-4-2-3-5-7(6)15/h6-7,15H,2-5H2,1H3,(H3,10,11,12,13). The van der Waals surface area contributed by atoms with Crippen LogP contribution < -0.4 is 10.6 Å². The van der Waals surface area contributed by atoms with E-state index in [2.05, 4.69) is 15.2 Å². The summed E-state index contributed by atoms with van der Waals surface area (Å²) in [5, 5.41) is 16.4. The largest absolute Gasteiger partial charge is 0.391 e. The molecule has 0 saturated heterocycles. The summed E-state index contributed by atoms with van der Waals surface area (Å²) in [5.74, 6) is 0.862. The van der Waals surface area contributed by atoms with E-state index in [0.717, 1.165) is 25.7 Å². The van der Waals surface area contributed by atoms with Crippen LogP contribution in [0.2, 0.25) is 0 Å². The van der Waals surface area contributed by atoms with E-state index in [0.29, 0.717) is 11.9 Å². The van der Waals surface area contributed by atoms with Crippen molar-refractivity contribution in [3.8, 4) is 0 Å². The second-order valence-electron chi connectivity index (χ2n) is 4.05. The molecule has 15 heavy (non-hydrogen) atoms. The Morgan fingerprint density at radius 1 is 1.47 bits per heavy atom. The average Bonchev–Trinajstić information content (AvgIpc) is 2.65. The molecular formula is C9H17N5O. The van der Waals surface area contributed by atoms with Gasteiger partial charge in [-0.2, -0.15) is 4.98 Å². The highest BCUT2D eigenvalue weighted by Gasteiger charge is 2.28. The fourth-order valence-corrected chi connectivity index (χ4v) is 2.11. The van der Waals surface area contributed by atoms with Crippen molar-refractivity contribution in [2.45, 2.75) is 37.8 Å². The molecule has 0 aliphatic heterocycles. The molecule has 1 saturated carbocycles. The average molecular weight is 211 g/mol. The van der Waals surface area contributed by atoms with Gasteiger partial charge in [-0.15, -0.1) is 5.10 Å². The predicted octanol–water partition coefficient (Wildman–Crippen LogP) is 0.127. The van der Waals surface area contributed by atoms with Crippen molar-refractivity contribution in [2.75, 3.05) is 17.7 Å². The van der Waals surface area contributed by atoms with Crippen LogP contribution in [0.4, 0.5) is 11.9 Å². The molecule has 0 bridgehead atoms. The van der Waals surface area contributed by atoms with E-state index >= 15 is 0 Å². The summed E-state index contributed by atoms with van der Waals surface area (Å²) in [4.78, 5) is 5.95. The van der Waals surface area contributed by atoms with E-state index in [1.165, 1.54) is 0 Å². The van der Waals surface area contributed by atoms with Crippen LogP contribution in [-0.2, 0) is 0 Å². The van der Waals surface area contributed by atoms with Gasteiger partial charge in [-0.05, 0) is 12.8 Å². The van der Waals surface area contributed by atoms with Crippen LogP contribution in [-0.4, -0.2) is 39.5 Å². The first kappa shape index (κ1) is 10.2. The zero-order chi connectivity index (χ0) is 10.8. The SMILES string of the molecule is CN(c1n[nH]c(N)n1)C1CCCCC1O. The number of nitrogens with two attached hydrogens (primary N) is 1. The zero-order valence-electron chi connectivity index (χ0n) is 8.85. The number of anilines is 2. The molecule has 1 aliphatic rings. The number of nitrogens with one attached hydrogen (secondary N) is 1. The number of likely N-dealkylation sites (N-methyl/N-ethyl adjacent to an activating group) is 1. The van der Waals surface area contributed by atoms with Gasteiger partial charge in [0.25, 0.3) is 0 Å². The van der Waals surface area contributed by atoms with Crippen molar-refractivity contribution >= 4 is 11.9 Å². The van der Waals surface area contributed by atoms with Gasteiger partial charge in [0.05, 0.1) is 12.1 Å². The molecule has 1 fully saturated rings. The van der Waals surface area contributed by atoms with Gasteiger partial charge < -0.3 is 15.7 Å². The van der Waals surface area contributed by atoms with Crippen LogP contribution in [0.5, 0.6) is 0 Å². The molecular weight excluding hydrogens is 194 g/mol. The smallest absolute Gasteiger partial charge is 0.246 e. The molecule has 4 N–H and O–H groups in total. The van der Waals surface area contributed by atoms with Crippen molar-refractivity contribution < 1.29 is 5.11 Å². The lowest BCUT2D eigenvalue weighted by atomic mass is 9.92. The number of aliphatic hydroxyl groups excluding tert-OH is 1. The van der Waals surface area contributed by atoms with Gasteiger partial charge in [-0.1, -0.05) is 12.8 Å². The Bertz CT molecular complexity index is 326. The quantitative estimate of drug-likeness (QED) is 0.646. The number of nitrogen functional groups attached to an aromatic ring is 1. The van der Waals surface area contributed by atoms with Crippen LogP contribution in [0.1, 0.15) is 25.7 Å². The maximum Gasteiger partial charge on any atom is 0.246 e. The van der Waals surface area contributed by atoms with Crippen molar-refractivity contribution in [2.24, 2.45) is 0 Å². The van der Waals surface area contributed by atoms with Gasteiger partial charge in [0.15, 0.2) is 0 Å². The van der Waals surface area contributed by atoms with E-state index in [-0.39, 0.29) is 12.1 Å². The number of H-pyrrole nitrogens is 1. The monoisotopic (exact) mass is 211 g/mol. The molecule has 2 unspecified atom stereocenters. The lowest BCUT2D eigenvalue weighted by Crippen LogP contribution is -2.43. The molecule has 1 aliphatic carbocycles. The Morgan fingerprint density at radius 3 is 2.80 bits per heavy atom. The third-order valence-electron chi connectivity index (χ3n) is 3.00. The summed E-state index contributed by atoms with van der Waals surface area (Å²) in [6, 6.07) is 0.106. The first-order valence-corrected chi connectivity index (χ1v) is 5.27. The third kappa shape index (κ3) is 2.04. The number of hydrogen-bond acceptors (Lipinski definition) is 5. The second kappa shape index (κ2) is 4.06. The number of aromatic amines is 1. The van der Waals surface area contributed by atoms with Gasteiger partial charge in [0, 0.05) is 7.05 Å². The van der Waals surface area contributed by atoms with E-state index in [1.807, 2.05) is 11.9 Å². The minimum absolute atomic E-state index is 0.106. The Morgan fingerprint density at radius 2 is 2.20 bits per heavy atom. The Kier molecular flexibility index (Phi) is 2.77. The lowest BCUT2D eigenvalue weighted by molar-refractivity contribution is 0.105. The second-order valence-corrected chi connectivity index (χ2v) is 4.05. The number of hydrogen-bond donors (Lipinski definition) is 3. The molecule has 84 valence electrons. The van der Waals surface area contributed by atoms with Crippen LogP contribution in [0.3, 0.4) is 0 Å². The summed E-state index contributed by atoms with van der Waals surface area (Å²) in [6.45, 7) is 0. The summed E-state index contributed by atoms with van der Waals surface area (Å²) in [5.41, 5.74) is 5.46. The molecule has 1 heterocycles. The first-order valence-electron chi connectivity index (χ1n) is 5.27. The minimum atomic E-state index is -0.288. The summed E-state index contributed by atoms with van der Waals surface area (Å²) >= 11 is 0. The van der Waals surface area contributed by atoms with Crippen LogP contribution >= 0.6 is 0 Å². The molecule has 0 radical (unpaired) electrons. The minimum Gasteiger partial charge on any atom is -0.391 e. The van der Waals surface area contributed by atoms with E-state index in [9.17, 15) is 5.11 Å². The molecule has 0 aromatic carbocycles. The number of nitrogens with zero attached hydrogens (tertiary/aromatic N) is 3. The highest BCUT2D eigenvalue weighted by molar-refractivity contribution is 5.34. The molecule has 1 aromatic rings. The molecule has 1 aromatic heterocycles. The van der Waals surface area contributed by atoms with Crippen molar-refractivity contribution in [1.29, 1.82) is 0 Å². The fourth-order valence-electron chi connectivity index (χ4n) is 2.11. The van der Waals surface area contributed by atoms with Crippen LogP contribution in [0.25, 0.3) is 0 Å².